The molecule has 0 spiro atoms. The van der Waals surface area contributed by atoms with Crippen molar-refractivity contribution in [2.24, 2.45) is 16.8 Å². The number of likely N-dealkylation sites (tertiary alicyclic amines) is 2. The van der Waals surface area contributed by atoms with Gasteiger partial charge in [-0.05, 0) is 70.3 Å². The van der Waals surface area contributed by atoms with Gasteiger partial charge < -0.3 is 15.1 Å². The van der Waals surface area contributed by atoms with Crippen LogP contribution in [0.15, 0.2) is 40.2 Å². The normalized spacial score (nSPS) is 21.9. The summed E-state index contributed by atoms with van der Waals surface area (Å²) in [4.78, 5) is 11.3. The van der Waals surface area contributed by atoms with Crippen LogP contribution in [-0.4, -0.2) is 67.8 Å². The van der Waals surface area contributed by atoms with Gasteiger partial charge in [0.2, 0.25) is 0 Å². The molecule has 2 fully saturated rings. The number of rotatable bonds is 6. The molecule has 0 bridgehead atoms. The van der Waals surface area contributed by atoms with E-state index in [1.165, 1.54) is 43.0 Å². The summed E-state index contributed by atoms with van der Waals surface area (Å²) in [5, 5.41) is 3.53. The Bertz CT molecular complexity index is 561. The van der Waals surface area contributed by atoms with Crippen LogP contribution in [0.4, 0.5) is 0 Å². The SMILES string of the molecule is CCNC(=NCC1CCN(C)CC1)N1CCC(CSc2ccccc2)C1.I. The quantitative estimate of drug-likeness (QED) is 0.276. The highest BCUT2D eigenvalue weighted by atomic mass is 127. The van der Waals surface area contributed by atoms with Crippen LogP contribution >= 0.6 is 35.7 Å². The maximum Gasteiger partial charge on any atom is 0.193 e. The maximum absolute atomic E-state index is 5.00. The summed E-state index contributed by atoms with van der Waals surface area (Å²) >= 11 is 1.99. The van der Waals surface area contributed by atoms with Gasteiger partial charge in [-0.2, -0.15) is 0 Å². The molecule has 0 aromatic heterocycles. The van der Waals surface area contributed by atoms with Crippen molar-refractivity contribution in [2.75, 3.05) is 52.1 Å². The number of guanidine groups is 1. The number of halogens is 1. The molecule has 2 aliphatic rings. The molecule has 2 aliphatic heterocycles. The van der Waals surface area contributed by atoms with Gasteiger partial charge in [0.05, 0.1) is 0 Å². The standard InChI is InChI=1S/C21H34N4S.HI/c1-3-22-21(23-15-18-9-12-24(2)13-10-18)25-14-11-19(16-25)17-26-20-7-5-4-6-8-20;/h4-8,18-19H,3,9-17H2,1-2H3,(H,22,23);1H. The second kappa shape index (κ2) is 12.2. The minimum absolute atomic E-state index is 0. The third-order valence-electron chi connectivity index (χ3n) is 5.49. The predicted molar refractivity (Wildman–Crippen MR) is 128 cm³/mol. The molecule has 1 aromatic carbocycles. The Morgan fingerprint density at radius 2 is 1.81 bits per heavy atom. The van der Waals surface area contributed by atoms with Gasteiger partial charge in [0, 0.05) is 36.8 Å². The molecule has 1 atom stereocenters. The minimum atomic E-state index is 0. The van der Waals surface area contributed by atoms with Crippen molar-refractivity contribution in [3.05, 3.63) is 30.3 Å². The number of nitrogens with zero attached hydrogens (tertiary/aromatic N) is 3. The van der Waals surface area contributed by atoms with Gasteiger partial charge in [-0.3, -0.25) is 4.99 Å². The molecule has 1 aromatic rings. The van der Waals surface area contributed by atoms with Crippen LogP contribution in [0.3, 0.4) is 0 Å². The van der Waals surface area contributed by atoms with Crippen molar-refractivity contribution in [3.63, 3.8) is 0 Å². The van der Waals surface area contributed by atoms with Gasteiger partial charge in [-0.15, -0.1) is 35.7 Å². The first-order chi connectivity index (χ1) is 12.7. The van der Waals surface area contributed by atoms with E-state index in [9.17, 15) is 0 Å². The number of nitrogens with one attached hydrogen (secondary N) is 1. The van der Waals surface area contributed by atoms with E-state index >= 15 is 0 Å². The third-order valence-corrected chi connectivity index (χ3v) is 6.73. The van der Waals surface area contributed by atoms with E-state index in [0.29, 0.717) is 0 Å². The molecule has 2 heterocycles. The van der Waals surface area contributed by atoms with Crippen LogP contribution < -0.4 is 5.32 Å². The summed E-state index contributed by atoms with van der Waals surface area (Å²) in [6, 6.07) is 10.8. The van der Waals surface area contributed by atoms with Crippen LogP contribution in [0.1, 0.15) is 26.2 Å². The molecule has 0 aliphatic carbocycles. The highest BCUT2D eigenvalue weighted by Crippen LogP contribution is 2.26. The van der Waals surface area contributed by atoms with Crippen LogP contribution in [0.5, 0.6) is 0 Å². The van der Waals surface area contributed by atoms with Crippen molar-refractivity contribution in [1.82, 2.24) is 15.1 Å². The van der Waals surface area contributed by atoms with Gasteiger partial charge in [0.25, 0.3) is 0 Å². The zero-order chi connectivity index (χ0) is 18.2. The summed E-state index contributed by atoms with van der Waals surface area (Å²) in [6.45, 7) is 8.82. The van der Waals surface area contributed by atoms with Crippen LogP contribution in [0.25, 0.3) is 0 Å². The fourth-order valence-electron chi connectivity index (χ4n) is 3.78. The molecule has 3 rings (SSSR count). The number of benzene rings is 1. The summed E-state index contributed by atoms with van der Waals surface area (Å²) < 4.78 is 0. The highest BCUT2D eigenvalue weighted by Gasteiger charge is 2.25. The predicted octanol–water partition coefficient (Wildman–Crippen LogP) is 4.03. The Labute approximate surface area is 186 Å². The molecule has 1 N–H and O–H groups in total. The van der Waals surface area contributed by atoms with E-state index in [0.717, 1.165) is 44.0 Å². The van der Waals surface area contributed by atoms with Crippen LogP contribution in [0.2, 0.25) is 0 Å². The van der Waals surface area contributed by atoms with E-state index < -0.39 is 0 Å². The number of aliphatic imine (C=N–C) groups is 1. The smallest absolute Gasteiger partial charge is 0.193 e. The lowest BCUT2D eigenvalue weighted by molar-refractivity contribution is 0.223. The Balaban J connectivity index is 0.00000261. The van der Waals surface area contributed by atoms with Crippen LogP contribution in [0, 0.1) is 11.8 Å². The first-order valence-electron chi connectivity index (χ1n) is 10.1. The lowest BCUT2D eigenvalue weighted by Crippen LogP contribution is -2.41. The van der Waals surface area contributed by atoms with Crippen molar-refractivity contribution >= 4 is 41.7 Å². The lowest BCUT2D eigenvalue weighted by atomic mass is 9.97. The average Bonchev–Trinajstić information content (AvgIpc) is 3.14. The van der Waals surface area contributed by atoms with E-state index in [-0.39, 0.29) is 24.0 Å². The average molecular weight is 503 g/mol. The van der Waals surface area contributed by atoms with Gasteiger partial charge in [-0.1, -0.05) is 18.2 Å². The van der Waals surface area contributed by atoms with Crippen molar-refractivity contribution < 1.29 is 0 Å². The molecule has 27 heavy (non-hydrogen) atoms. The molecular formula is C21H35IN4S. The minimum Gasteiger partial charge on any atom is -0.357 e. The van der Waals surface area contributed by atoms with Crippen molar-refractivity contribution in [3.8, 4) is 0 Å². The van der Waals surface area contributed by atoms with Gasteiger partial charge in [0.15, 0.2) is 5.96 Å². The molecule has 0 amide bonds. The second-order valence-corrected chi connectivity index (χ2v) is 8.76. The van der Waals surface area contributed by atoms with E-state index in [4.69, 9.17) is 4.99 Å². The fraction of sp³-hybridized carbons (Fsp3) is 0.667. The molecule has 6 heteroatoms. The van der Waals surface area contributed by atoms with E-state index in [1.807, 2.05) is 11.8 Å². The van der Waals surface area contributed by atoms with Crippen molar-refractivity contribution in [2.45, 2.75) is 31.1 Å². The number of hydrogen-bond donors (Lipinski definition) is 1. The molecule has 0 saturated carbocycles. The van der Waals surface area contributed by atoms with Crippen LogP contribution in [-0.2, 0) is 0 Å². The Hall–Kier alpha value is -0.470. The monoisotopic (exact) mass is 502 g/mol. The van der Waals surface area contributed by atoms with Crippen molar-refractivity contribution in [1.29, 1.82) is 0 Å². The lowest BCUT2D eigenvalue weighted by Gasteiger charge is -2.28. The Kier molecular flexibility index (Phi) is 10.3. The second-order valence-electron chi connectivity index (χ2n) is 7.67. The Morgan fingerprint density at radius 3 is 2.52 bits per heavy atom. The maximum atomic E-state index is 5.00. The molecule has 0 radical (unpaired) electrons. The van der Waals surface area contributed by atoms with Gasteiger partial charge in [0.1, 0.15) is 0 Å². The first-order valence-corrected chi connectivity index (χ1v) is 11.1. The molecule has 1 unspecified atom stereocenters. The summed E-state index contributed by atoms with van der Waals surface area (Å²) in [7, 11) is 2.22. The van der Waals surface area contributed by atoms with Gasteiger partial charge in [-0.25, -0.2) is 0 Å². The largest absolute Gasteiger partial charge is 0.357 e. The summed E-state index contributed by atoms with van der Waals surface area (Å²) in [5.74, 6) is 3.85. The van der Waals surface area contributed by atoms with E-state index in [2.05, 4.69) is 59.4 Å². The molecular weight excluding hydrogens is 467 g/mol. The fourth-order valence-corrected chi connectivity index (χ4v) is 4.83. The first kappa shape index (κ1) is 22.8. The number of piperidine rings is 1. The molecule has 2 saturated heterocycles. The zero-order valence-electron chi connectivity index (χ0n) is 16.8. The molecule has 4 nitrogen and oxygen atoms in total. The Morgan fingerprint density at radius 1 is 1.11 bits per heavy atom. The topological polar surface area (TPSA) is 30.9 Å². The number of thioether (sulfide) groups is 1. The number of hydrogen-bond acceptors (Lipinski definition) is 3. The summed E-state index contributed by atoms with van der Waals surface area (Å²) in [5.41, 5.74) is 0. The highest BCUT2D eigenvalue weighted by molar-refractivity contribution is 14.0. The van der Waals surface area contributed by atoms with E-state index in [1.54, 1.807) is 0 Å². The van der Waals surface area contributed by atoms with Gasteiger partial charge >= 0.3 is 0 Å². The summed E-state index contributed by atoms with van der Waals surface area (Å²) in [6.07, 6.45) is 3.85. The third kappa shape index (κ3) is 7.46. The zero-order valence-corrected chi connectivity index (χ0v) is 19.9. The molecule has 152 valence electrons.